The Labute approximate surface area is 154 Å². The van der Waals surface area contributed by atoms with Crippen molar-refractivity contribution in [1.82, 2.24) is 19.9 Å². The molecule has 0 saturated carbocycles. The van der Waals surface area contributed by atoms with Crippen LogP contribution in [0.5, 0.6) is 0 Å². The Hall–Kier alpha value is -2.70. The van der Waals surface area contributed by atoms with Crippen molar-refractivity contribution in [2.45, 2.75) is 33.2 Å². The second kappa shape index (κ2) is 7.27. The van der Waals surface area contributed by atoms with E-state index in [4.69, 9.17) is 0 Å². The predicted molar refractivity (Wildman–Crippen MR) is 103 cm³/mol. The third-order valence-corrected chi connectivity index (χ3v) is 4.72. The van der Waals surface area contributed by atoms with Crippen molar-refractivity contribution >= 4 is 17.4 Å². The smallest absolute Gasteiger partial charge is 0.291 e. The number of hydrogen-bond donors (Lipinski definition) is 1. The summed E-state index contributed by atoms with van der Waals surface area (Å²) >= 11 is 0. The molecule has 2 aromatic heterocycles. The third kappa shape index (κ3) is 3.76. The van der Waals surface area contributed by atoms with E-state index in [1.807, 2.05) is 33.0 Å². The van der Waals surface area contributed by atoms with Gasteiger partial charge in [-0.25, -0.2) is 9.97 Å². The van der Waals surface area contributed by atoms with Gasteiger partial charge in [0, 0.05) is 62.1 Å². The number of carbonyl (C=O) groups excluding carboxylic acids is 1. The molecule has 0 unspecified atom stereocenters. The summed E-state index contributed by atoms with van der Waals surface area (Å²) < 4.78 is 0. The zero-order chi connectivity index (χ0) is 18.8. The molecule has 1 amide bonds. The standard InChI is InChI=1S/C19H26N6O/c1-12-10-15(6-8-20-12)22-16-7-9-25(11-16)18-13(2)14(3)21-17(23-18)19(26)24(4)5/h6,8,10,16H,7,9,11H2,1-5H3,(H,20,22)/t16-/m1/s1. The molecule has 1 saturated heterocycles. The maximum absolute atomic E-state index is 12.3. The molecule has 1 aliphatic rings. The number of pyridine rings is 1. The van der Waals surface area contributed by atoms with E-state index in [-0.39, 0.29) is 11.7 Å². The van der Waals surface area contributed by atoms with Crippen LogP contribution in [0.15, 0.2) is 18.3 Å². The van der Waals surface area contributed by atoms with Gasteiger partial charge in [0.2, 0.25) is 5.82 Å². The number of carbonyl (C=O) groups is 1. The molecule has 1 atom stereocenters. The van der Waals surface area contributed by atoms with Crippen LogP contribution >= 0.6 is 0 Å². The molecule has 0 aromatic carbocycles. The Kier molecular flexibility index (Phi) is 5.06. The van der Waals surface area contributed by atoms with Crippen molar-refractivity contribution in [3.63, 3.8) is 0 Å². The first-order valence-electron chi connectivity index (χ1n) is 8.86. The number of nitrogens with one attached hydrogen (secondary N) is 1. The van der Waals surface area contributed by atoms with Crippen molar-refractivity contribution in [2.24, 2.45) is 0 Å². The lowest BCUT2D eigenvalue weighted by atomic mass is 10.2. The van der Waals surface area contributed by atoms with Gasteiger partial charge in [0.25, 0.3) is 5.91 Å². The predicted octanol–water partition coefficient (Wildman–Crippen LogP) is 2.19. The van der Waals surface area contributed by atoms with Gasteiger partial charge >= 0.3 is 0 Å². The Bertz CT molecular complexity index is 820. The van der Waals surface area contributed by atoms with Crippen LogP contribution in [-0.4, -0.2) is 59.0 Å². The molecule has 1 fully saturated rings. The van der Waals surface area contributed by atoms with Crippen LogP contribution in [0.3, 0.4) is 0 Å². The third-order valence-electron chi connectivity index (χ3n) is 4.72. The van der Waals surface area contributed by atoms with E-state index in [2.05, 4.69) is 31.2 Å². The number of rotatable bonds is 4. The van der Waals surface area contributed by atoms with Crippen molar-refractivity contribution in [3.8, 4) is 0 Å². The fraction of sp³-hybridized carbons (Fsp3) is 0.474. The van der Waals surface area contributed by atoms with Crippen LogP contribution in [0, 0.1) is 20.8 Å². The van der Waals surface area contributed by atoms with Crippen molar-refractivity contribution in [3.05, 3.63) is 41.1 Å². The summed E-state index contributed by atoms with van der Waals surface area (Å²) in [7, 11) is 3.43. The van der Waals surface area contributed by atoms with Gasteiger partial charge in [-0.05, 0) is 39.3 Å². The summed E-state index contributed by atoms with van der Waals surface area (Å²) in [4.78, 5) is 29.2. The normalized spacial score (nSPS) is 16.7. The number of nitrogens with zero attached hydrogens (tertiary/aromatic N) is 5. The minimum absolute atomic E-state index is 0.171. The molecule has 3 rings (SSSR count). The van der Waals surface area contributed by atoms with E-state index in [1.165, 1.54) is 4.90 Å². The minimum Gasteiger partial charge on any atom is -0.380 e. The average molecular weight is 354 g/mol. The summed E-state index contributed by atoms with van der Waals surface area (Å²) in [6.07, 6.45) is 2.84. The Morgan fingerprint density at radius 2 is 2.04 bits per heavy atom. The molecule has 2 aromatic rings. The van der Waals surface area contributed by atoms with Gasteiger partial charge < -0.3 is 15.1 Å². The first kappa shape index (κ1) is 18.1. The van der Waals surface area contributed by atoms with E-state index in [1.54, 1.807) is 14.1 Å². The maximum Gasteiger partial charge on any atom is 0.291 e. The van der Waals surface area contributed by atoms with E-state index in [0.717, 1.165) is 48.0 Å². The first-order chi connectivity index (χ1) is 12.3. The Morgan fingerprint density at radius 1 is 1.27 bits per heavy atom. The van der Waals surface area contributed by atoms with Gasteiger partial charge in [0.1, 0.15) is 5.82 Å². The second-order valence-corrected chi connectivity index (χ2v) is 7.04. The van der Waals surface area contributed by atoms with Crippen molar-refractivity contribution < 1.29 is 4.79 Å². The number of anilines is 2. The van der Waals surface area contributed by atoms with E-state index in [0.29, 0.717) is 6.04 Å². The molecule has 0 bridgehead atoms. The van der Waals surface area contributed by atoms with E-state index in [9.17, 15) is 4.79 Å². The monoisotopic (exact) mass is 354 g/mol. The molecule has 7 nitrogen and oxygen atoms in total. The lowest BCUT2D eigenvalue weighted by Crippen LogP contribution is -2.29. The van der Waals surface area contributed by atoms with Gasteiger partial charge in [0.15, 0.2) is 0 Å². The molecule has 1 N–H and O–H groups in total. The summed E-state index contributed by atoms with van der Waals surface area (Å²) in [5.41, 5.74) is 3.96. The van der Waals surface area contributed by atoms with E-state index >= 15 is 0 Å². The first-order valence-corrected chi connectivity index (χ1v) is 8.86. The quantitative estimate of drug-likeness (QED) is 0.907. The molecule has 0 spiro atoms. The number of hydrogen-bond acceptors (Lipinski definition) is 6. The van der Waals surface area contributed by atoms with Crippen molar-refractivity contribution in [2.75, 3.05) is 37.4 Å². The SMILES string of the molecule is Cc1cc(N[C@@H]2CCN(c3nc(C(=O)N(C)C)nc(C)c3C)C2)ccn1. The fourth-order valence-corrected chi connectivity index (χ4v) is 3.16. The molecule has 0 radical (unpaired) electrons. The van der Waals surface area contributed by atoms with Gasteiger partial charge in [-0.2, -0.15) is 0 Å². The summed E-state index contributed by atoms with van der Waals surface area (Å²) in [6, 6.07) is 4.37. The Balaban J connectivity index is 1.78. The fourth-order valence-electron chi connectivity index (χ4n) is 3.16. The molecule has 0 aliphatic carbocycles. The zero-order valence-electron chi connectivity index (χ0n) is 16.1. The summed E-state index contributed by atoms with van der Waals surface area (Å²) in [5, 5.41) is 3.57. The molecule has 7 heteroatoms. The number of aromatic nitrogens is 3. The van der Waals surface area contributed by atoms with Gasteiger partial charge in [-0.1, -0.05) is 0 Å². The van der Waals surface area contributed by atoms with Crippen LogP contribution in [0.4, 0.5) is 11.5 Å². The molecular formula is C19H26N6O. The van der Waals surface area contributed by atoms with Crippen molar-refractivity contribution in [1.29, 1.82) is 0 Å². The van der Waals surface area contributed by atoms with Crippen LogP contribution in [0.2, 0.25) is 0 Å². The lowest BCUT2D eigenvalue weighted by Gasteiger charge is -2.22. The summed E-state index contributed by atoms with van der Waals surface area (Å²) in [5.74, 6) is 0.947. The van der Waals surface area contributed by atoms with Gasteiger partial charge in [0.05, 0.1) is 0 Å². The number of amides is 1. The summed E-state index contributed by atoms with van der Waals surface area (Å²) in [6.45, 7) is 7.67. The molecule has 1 aliphatic heterocycles. The highest BCUT2D eigenvalue weighted by Gasteiger charge is 2.26. The largest absolute Gasteiger partial charge is 0.380 e. The van der Waals surface area contributed by atoms with Gasteiger partial charge in [-0.3, -0.25) is 9.78 Å². The number of aryl methyl sites for hydroxylation is 2. The topological polar surface area (TPSA) is 74.2 Å². The Morgan fingerprint density at radius 3 is 2.73 bits per heavy atom. The highest BCUT2D eigenvalue weighted by atomic mass is 16.2. The molecule has 3 heterocycles. The molecule has 26 heavy (non-hydrogen) atoms. The van der Waals surface area contributed by atoms with Crippen LogP contribution in [0.25, 0.3) is 0 Å². The average Bonchev–Trinajstić information content (AvgIpc) is 3.04. The maximum atomic E-state index is 12.3. The lowest BCUT2D eigenvalue weighted by molar-refractivity contribution is 0.0815. The van der Waals surface area contributed by atoms with Gasteiger partial charge in [-0.15, -0.1) is 0 Å². The molecular weight excluding hydrogens is 328 g/mol. The zero-order valence-corrected chi connectivity index (χ0v) is 16.1. The van der Waals surface area contributed by atoms with Crippen LogP contribution in [0.1, 0.15) is 34.0 Å². The second-order valence-electron chi connectivity index (χ2n) is 7.04. The molecule has 138 valence electrons. The van der Waals surface area contributed by atoms with Crippen LogP contribution < -0.4 is 10.2 Å². The highest BCUT2D eigenvalue weighted by molar-refractivity contribution is 5.90. The van der Waals surface area contributed by atoms with E-state index < -0.39 is 0 Å². The minimum atomic E-state index is -0.171. The van der Waals surface area contributed by atoms with Crippen LogP contribution in [-0.2, 0) is 0 Å². The highest BCUT2D eigenvalue weighted by Crippen LogP contribution is 2.25.